The van der Waals surface area contributed by atoms with Crippen LogP contribution >= 0.6 is 11.3 Å². The number of aryl methyl sites for hydroxylation is 1. The van der Waals surface area contributed by atoms with Crippen molar-refractivity contribution in [3.8, 4) is 0 Å². The molecule has 5 heteroatoms. The van der Waals surface area contributed by atoms with Gasteiger partial charge in [-0.1, -0.05) is 19.1 Å². The molecule has 0 spiro atoms. The van der Waals surface area contributed by atoms with Gasteiger partial charge < -0.3 is 9.88 Å². The highest BCUT2D eigenvalue weighted by Crippen LogP contribution is 2.34. The predicted molar refractivity (Wildman–Crippen MR) is 109 cm³/mol. The van der Waals surface area contributed by atoms with Gasteiger partial charge in [0, 0.05) is 41.7 Å². The van der Waals surface area contributed by atoms with Crippen LogP contribution in [0.1, 0.15) is 58.7 Å². The maximum atomic E-state index is 13.4. The van der Waals surface area contributed by atoms with Gasteiger partial charge in [0.25, 0.3) is 5.91 Å². The van der Waals surface area contributed by atoms with Gasteiger partial charge in [-0.15, -0.1) is 11.3 Å². The number of nitrogens with one attached hydrogen (secondary N) is 1. The topological polar surface area (TPSA) is 49.0 Å². The number of aromatic amines is 1. The lowest BCUT2D eigenvalue weighted by Crippen LogP contribution is -2.39. The number of para-hydroxylation sites is 1. The van der Waals surface area contributed by atoms with Crippen molar-refractivity contribution in [1.29, 1.82) is 0 Å². The summed E-state index contributed by atoms with van der Waals surface area (Å²) in [5, 5.41) is 4.44. The van der Waals surface area contributed by atoms with Crippen molar-refractivity contribution in [2.45, 2.75) is 44.9 Å². The van der Waals surface area contributed by atoms with Gasteiger partial charge in [0.05, 0.1) is 16.1 Å². The smallest absolute Gasteiger partial charge is 0.256 e. The van der Waals surface area contributed by atoms with Gasteiger partial charge in [-0.05, 0) is 49.7 Å². The summed E-state index contributed by atoms with van der Waals surface area (Å²) in [5.74, 6) is 1.25. The van der Waals surface area contributed by atoms with Crippen molar-refractivity contribution in [3.63, 3.8) is 0 Å². The Balaban J connectivity index is 1.47. The lowest BCUT2D eigenvalue weighted by Gasteiger charge is -2.32. The van der Waals surface area contributed by atoms with Crippen LogP contribution in [0.5, 0.6) is 0 Å². The van der Waals surface area contributed by atoms with Gasteiger partial charge in [-0.2, -0.15) is 0 Å². The van der Waals surface area contributed by atoms with Crippen LogP contribution in [0.25, 0.3) is 10.9 Å². The number of aromatic nitrogens is 2. The second-order valence-electron chi connectivity index (χ2n) is 8.12. The Morgan fingerprint density at radius 1 is 1.33 bits per heavy atom. The molecule has 2 aliphatic rings. The van der Waals surface area contributed by atoms with Crippen LogP contribution in [0.2, 0.25) is 0 Å². The van der Waals surface area contributed by atoms with Gasteiger partial charge in [0.2, 0.25) is 0 Å². The second-order valence-corrected chi connectivity index (χ2v) is 9.05. The van der Waals surface area contributed by atoms with E-state index < -0.39 is 0 Å². The van der Waals surface area contributed by atoms with Crippen LogP contribution in [0, 0.1) is 5.92 Å². The largest absolute Gasteiger partial charge is 0.358 e. The summed E-state index contributed by atoms with van der Waals surface area (Å²) in [6.45, 7) is 3.94. The van der Waals surface area contributed by atoms with Crippen molar-refractivity contribution in [1.82, 2.24) is 14.9 Å². The second kappa shape index (κ2) is 6.79. The van der Waals surface area contributed by atoms with Gasteiger partial charge >= 0.3 is 0 Å². The van der Waals surface area contributed by atoms with E-state index in [0.717, 1.165) is 60.8 Å². The van der Waals surface area contributed by atoms with Gasteiger partial charge in [-0.3, -0.25) is 4.79 Å². The van der Waals surface area contributed by atoms with Gasteiger partial charge in [-0.25, -0.2) is 4.98 Å². The molecule has 140 valence electrons. The van der Waals surface area contributed by atoms with Crippen molar-refractivity contribution in [3.05, 3.63) is 51.6 Å². The van der Waals surface area contributed by atoms with E-state index >= 15 is 0 Å². The molecular weight excluding hydrogens is 354 g/mol. The minimum Gasteiger partial charge on any atom is -0.358 e. The van der Waals surface area contributed by atoms with E-state index in [1.807, 2.05) is 28.6 Å². The Hall–Kier alpha value is -2.14. The Bertz CT molecular complexity index is 975. The first-order chi connectivity index (χ1) is 13.2. The molecule has 1 N–H and O–H groups in total. The standard InChI is InChI=1S/C22H25N3OS/c1-14-7-8-19-18(12-14)16-5-2-6-17(20(16)24-19)22(26)25-10-3-4-15(13-25)21-23-9-11-27-21/h2,5-6,9,11,14-15,24H,3-4,7-8,10,12-13H2,1H3. The number of rotatable bonds is 2. The summed E-state index contributed by atoms with van der Waals surface area (Å²) >= 11 is 1.70. The van der Waals surface area contributed by atoms with Crippen molar-refractivity contribution < 1.29 is 4.79 Å². The summed E-state index contributed by atoms with van der Waals surface area (Å²) in [6.07, 6.45) is 7.47. The number of carbonyl (C=O) groups is 1. The van der Waals surface area contributed by atoms with Crippen LogP contribution in [0.15, 0.2) is 29.8 Å². The number of likely N-dealkylation sites (tertiary alicyclic amines) is 1. The first-order valence-electron chi connectivity index (χ1n) is 10.0. The zero-order valence-corrected chi connectivity index (χ0v) is 16.5. The fourth-order valence-electron chi connectivity index (χ4n) is 4.76. The van der Waals surface area contributed by atoms with Crippen molar-refractivity contribution in [2.75, 3.05) is 13.1 Å². The summed E-state index contributed by atoms with van der Waals surface area (Å²) in [4.78, 5) is 23.5. The van der Waals surface area contributed by atoms with Crippen LogP contribution in [0.3, 0.4) is 0 Å². The Kier molecular flexibility index (Phi) is 4.27. The summed E-state index contributed by atoms with van der Waals surface area (Å²) in [7, 11) is 0. The van der Waals surface area contributed by atoms with E-state index in [-0.39, 0.29) is 5.91 Å². The summed E-state index contributed by atoms with van der Waals surface area (Å²) in [6, 6.07) is 6.21. The van der Waals surface area contributed by atoms with E-state index in [4.69, 9.17) is 0 Å². The number of fused-ring (bicyclic) bond motifs is 3. The highest BCUT2D eigenvalue weighted by molar-refractivity contribution is 7.09. The Morgan fingerprint density at radius 3 is 3.11 bits per heavy atom. The normalized spacial score (nSPS) is 22.8. The number of nitrogens with zero attached hydrogens (tertiary/aromatic N) is 2. The number of piperidine rings is 1. The summed E-state index contributed by atoms with van der Waals surface area (Å²) < 4.78 is 0. The molecule has 1 fully saturated rings. The molecule has 3 aromatic rings. The minimum absolute atomic E-state index is 0.161. The quantitative estimate of drug-likeness (QED) is 0.697. The number of H-pyrrole nitrogens is 1. The number of hydrogen-bond acceptors (Lipinski definition) is 3. The lowest BCUT2D eigenvalue weighted by molar-refractivity contribution is 0.0709. The maximum Gasteiger partial charge on any atom is 0.256 e. The van der Waals surface area contributed by atoms with Gasteiger partial charge in [0.1, 0.15) is 0 Å². The number of amides is 1. The van der Waals surface area contributed by atoms with Gasteiger partial charge in [0.15, 0.2) is 0 Å². The lowest BCUT2D eigenvalue weighted by atomic mass is 9.87. The van der Waals surface area contributed by atoms with Crippen LogP contribution in [-0.2, 0) is 12.8 Å². The molecule has 3 heterocycles. The number of carbonyl (C=O) groups excluding carboxylic acids is 1. The molecule has 4 nitrogen and oxygen atoms in total. The van der Waals surface area contributed by atoms with E-state index in [1.54, 1.807) is 11.3 Å². The number of hydrogen-bond donors (Lipinski definition) is 1. The molecule has 1 aromatic carbocycles. The number of benzene rings is 1. The average Bonchev–Trinajstić information content (AvgIpc) is 3.35. The molecule has 1 aliphatic heterocycles. The third-order valence-corrected chi connectivity index (χ3v) is 7.15. The molecule has 0 bridgehead atoms. The number of thiazole rings is 1. The first-order valence-corrected chi connectivity index (χ1v) is 10.9. The van der Waals surface area contributed by atoms with Crippen molar-refractivity contribution >= 4 is 28.1 Å². The molecule has 1 amide bonds. The third kappa shape index (κ3) is 2.98. The molecule has 0 saturated carbocycles. The maximum absolute atomic E-state index is 13.4. The monoisotopic (exact) mass is 379 g/mol. The molecule has 2 atom stereocenters. The molecule has 2 aromatic heterocycles. The van der Waals surface area contributed by atoms with E-state index in [2.05, 4.69) is 23.0 Å². The molecule has 27 heavy (non-hydrogen) atoms. The molecule has 1 saturated heterocycles. The van der Waals surface area contributed by atoms with Crippen molar-refractivity contribution in [2.24, 2.45) is 5.92 Å². The zero-order valence-electron chi connectivity index (χ0n) is 15.7. The van der Waals surface area contributed by atoms with Crippen LogP contribution < -0.4 is 0 Å². The highest BCUT2D eigenvalue weighted by atomic mass is 32.1. The Labute approximate surface area is 163 Å². The third-order valence-electron chi connectivity index (χ3n) is 6.21. The SMILES string of the molecule is CC1CCc2[nH]c3c(C(=O)N4CCCC(c5nccs5)C4)cccc3c2C1. The van der Waals surface area contributed by atoms with E-state index in [1.165, 1.54) is 23.1 Å². The minimum atomic E-state index is 0.161. The van der Waals surface area contributed by atoms with Crippen LogP contribution in [0.4, 0.5) is 0 Å². The molecule has 0 radical (unpaired) electrons. The molecular formula is C22H25N3OS. The molecule has 1 aliphatic carbocycles. The fraction of sp³-hybridized carbons (Fsp3) is 0.455. The first kappa shape index (κ1) is 17.0. The highest BCUT2D eigenvalue weighted by Gasteiger charge is 2.29. The van der Waals surface area contributed by atoms with E-state index in [9.17, 15) is 4.79 Å². The fourth-order valence-corrected chi connectivity index (χ4v) is 5.53. The average molecular weight is 380 g/mol. The molecule has 2 unspecified atom stereocenters. The Morgan fingerprint density at radius 2 is 2.26 bits per heavy atom. The van der Waals surface area contributed by atoms with E-state index in [0.29, 0.717) is 5.92 Å². The van der Waals surface area contributed by atoms with Crippen LogP contribution in [-0.4, -0.2) is 33.9 Å². The zero-order chi connectivity index (χ0) is 18.4. The predicted octanol–water partition coefficient (Wildman–Crippen LogP) is 4.77. The molecule has 5 rings (SSSR count). The summed E-state index contributed by atoms with van der Waals surface area (Å²) in [5.41, 5.74) is 4.63.